The molecule has 1 atom stereocenters. The maximum absolute atomic E-state index is 12.7. The number of esters is 2. The number of hydrogen-bond donors (Lipinski definition) is 1. The molecule has 1 aromatic rings. The third kappa shape index (κ3) is 3.08. The number of carbonyl (C=O) groups is 2. The molecule has 2 N–H and O–H groups in total. The van der Waals surface area contributed by atoms with Crippen LogP contribution in [-0.4, -0.2) is 24.1 Å². The number of ether oxygens (including phenoxy) is 2. The average Bonchev–Trinajstić information content (AvgIpc) is 2.77. The van der Waals surface area contributed by atoms with Crippen LogP contribution in [0.3, 0.4) is 0 Å². The Labute approximate surface area is 124 Å². The van der Waals surface area contributed by atoms with Gasteiger partial charge in [0.2, 0.25) is 5.60 Å². The normalized spacial score (nSPS) is 20.8. The van der Waals surface area contributed by atoms with E-state index in [1.807, 2.05) is 18.2 Å². The van der Waals surface area contributed by atoms with Crippen molar-refractivity contribution in [1.29, 1.82) is 0 Å². The largest absolute Gasteiger partial charge is 0.457 e. The molecule has 0 bridgehead atoms. The third-order valence-electron chi connectivity index (χ3n) is 3.38. The highest BCUT2D eigenvalue weighted by molar-refractivity contribution is 5.87. The monoisotopic (exact) mass is 291 g/mol. The van der Waals surface area contributed by atoms with E-state index < -0.39 is 23.1 Å². The lowest BCUT2D eigenvalue weighted by Crippen LogP contribution is -2.44. The summed E-state index contributed by atoms with van der Waals surface area (Å²) in [4.78, 5) is 24.4. The molecule has 0 saturated heterocycles. The first-order chi connectivity index (χ1) is 9.78. The van der Waals surface area contributed by atoms with Gasteiger partial charge in [0.05, 0.1) is 6.54 Å². The standard InChI is InChI=1S/C16H21NO4/c1-15(2,3)21-14(19)16(20-13(18)10-17)9-8-11-6-4-5-7-12(11)16/h4-7H,8-10,17H2,1-3H3. The van der Waals surface area contributed by atoms with Gasteiger partial charge < -0.3 is 15.2 Å². The SMILES string of the molecule is CC(C)(C)OC(=O)C1(OC(=O)CN)CCc2ccccc21. The van der Waals surface area contributed by atoms with Gasteiger partial charge in [-0.1, -0.05) is 24.3 Å². The first-order valence-corrected chi connectivity index (χ1v) is 7.02. The zero-order valence-electron chi connectivity index (χ0n) is 12.6. The molecule has 0 aromatic heterocycles. The summed E-state index contributed by atoms with van der Waals surface area (Å²) in [5.41, 5.74) is 4.99. The fraction of sp³-hybridized carbons (Fsp3) is 0.500. The van der Waals surface area contributed by atoms with Gasteiger partial charge in [0.15, 0.2) is 0 Å². The number of aryl methyl sites for hydroxylation is 1. The molecule has 1 aromatic carbocycles. The van der Waals surface area contributed by atoms with Crippen LogP contribution < -0.4 is 5.73 Å². The molecule has 0 saturated carbocycles. The summed E-state index contributed by atoms with van der Waals surface area (Å²) >= 11 is 0. The molecule has 5 nitrogen and oxygen atoms in total. The molecule has 0 spiro atoms. The van der Waals surface area contributed by atoms with Gasteiger partial charge in [-0.3, -0.25) is 4.79 Å². The molecule has 2 rings (SSSR count). The van der Waals surface area contributed by atoms with Crippen molar-refractivity contribution in [3.8, 4) is 0 Å². The van der Waals surface area contributed by atoms with Crippen LogP contribution in [0.25, 0.3) is 0 Å². The summed E-state index contributed by atoms with van der Waals surface area (Å²) in [6.07, 6.45) is 1.04. The first kappa shape index (κ1) is 15.5. The van der Waals surface area contributed by atoms with Gasteiger partial charge in [-0.15, -0.1) is 0 Å². The Morgan fingerprint density at radius 3 is 2.57 bits per heavy atom. The highest BCUT2D eigenvalue weighted by Gasteiger charge is 2.51. The number of fused-ring (bicyclic) bond motifs is 1. The predicted octanol–water partition coefficient (Wildman–Crippen LogP) is 1.67. The zero-order chi connectivity index (χ0) is 15.7. The fourth-order valence-electron chi connectivity index (χ4n) is 2.53. The van der Waals surface area contributed by atoms with E-state index in [1.54, 1.807) is 26.8 Å². The molecular formula is C16H21NO4. The van der Waals surface area contributed by atoms with Crippen molar-refractivity contribution in [2.75, 3.05) is 6.54 Å². The number of hydrogen-bond acceptors (Lipinski definition) is 5. The molecule has 0 heterocycles. The van der Waals surface area contributed by atoms with Crippen LogP contribution >= 0.6 is 0 Å². The van der Waals surface area contributed by atoms with Crippen molar-refractivity contribution >= 4 is 11.9 Å². The summed E-state index contributed by atoms with van der Waals surface area (Å²) in [5, 5.41) is 0. The number of rotatable bonds is 3. The molecule has 0 aliphatic heterocycles. The Kier molecular flexibility index (Phi) is 4.05. The zero-order valence-corrected chi connectivity index (χ0v) is 12.6. The predicted molar refractivity (Wildman–Crippen MR) is 77.4 cm³/mol. The van der Waals surface area contributed by atoms with E-state index in [0.717, 1.165) is 5.56 Å². The molecule has 5 heteroatoms. The molecule has 0 radical (unpaired) electrons. The van der Waals surface area contributed by atoms with Crippen molar-refractivity contribution in [3.63, 3.8) is 0 Å². The highest BCUT2D eigenvalue weighted by Crippen LogP contribution is 2.41. The highest BCUT2D eigenvalue weighted by atomic mass is 16.6. The van der Waals surface area contributed by atoms with Crippen LogP contribution in [0.1, 0.15) is 38.3 Å². The van der Waals surface area contributed by atoms with E-state index in [-0.39, 0.29) is 6.54 Å². The minimum atomic E-state index is -1.37. The number of benzene rings is 1. The second-order valence-electron chi connectivity index (χ2n) is 6.16. The molecule has 114 valence electrons. The minimum absolute atomic E-state index is 0.271. The van der Waals surface area contributed by atoms with Crippen molar-refractivity contribution in [2.24, 2.45) is 5.73 Å². The molecule has 1 unspecified atom stereocenters. The quantitative estimate of drug-likeness (QED) is 0.857. The molecule has 0 amide bonds. The Morgan fingerprint density at radius 1 is 1.29 bits per heavy atom. The molecule has 1 aliphatic rings. The van der Waals surface area contributed by atoms with Crippen molar-refractivity contribution < 1.29 is 19.1 Å². The Balaban J connectivity index is 2.42. The number of nitrogens with two attached hydrogens (primary N) is 1. The van der Waals surface area contributed by atoms with Crippen LogP contribution in [0.4, 0.5) is 0 Å². The van der Waals surface area contributed by atoms with Gasteiger partial charge in [0.1, 0.15) is 5.60 Å². The lowest BCUT2D eigenvalue weighted by Gasteiger charge is -2.31. The van der Waals surface area contributed by atoms with Gasteiger partial charge in [-0.05, 0) is 32.8 Å². The maximum Gasteiger partial charge on any atom is 0.355 e. The molecule has 21 heavy (non-hydrogen) atoms. The first-order valence-electron chi connectivity index (χ1n) is 7.02. The lowest BCUT2D eigenvalue weighted by molar-refractivity contribution is -0.191. The van der Waals surface area contributed by atoms with E-state index in [1.165, 1.54) is 0 Å². The maximum atomic E-state index is 12.7. The summed E-state index contributed by atoms with van der Waals surface area (Å²) in [6, 6.07) is 7.45. The number of carbonyl (C=O) groups excluding carboxylic acids is 2. The van der Waals surface area contributed by atoms with Crippen LogP contribution in [0.2, 0.25) is 0 Å². The molecule has 0 fully saturated rings. The van der Waals surface area contributed by atoms with E-state index in [9.17, 15) is 9.59 Å². The summed E-state index contributed by atoms with van der Waals surface area (Å²) in [6.45, 7) is 5.07. The minimum Gasteiger partial charge on any atom is -0.457 e. The Hall–Kier alpha value is -1.88. The summed E-state index contributed by atoms with van der Waals surface area (Å²) < 4.78 is 10.9. The lowest BCUT2D eigenvalue weighted by atomic mass is 9.95. The average molecular weight is 291 g/mol. The van der Waals surface area contributed by atoms with Gasteiger partial charge in [0.25, 0.3) is 0 Å². The Bertz CT molecular complexity index is 562. The second-order valence-corrected chi connectivity index (χ2v) is 6.16. The second kappa shape index (κ2) is 5.48. The summed E-state index contributed by atoms with van der Waals surface area (Å²) in [5.74, 6) is -1.15. The molecular weight excluding hydrogens is 270 g/mol. The topological polar surface area (TPSA) is 78.6 Å². The van der Waals surface area contributed by atoms with E-state index >= 15 is 0 Å². The van der Waals surface area contributed by atoms with Gasteiger partial charge >= 0.3 is 11.9 Å². The van der Waals surface area contributed by atoms with Crippen LogP contribution in [0.15, 0.2) is 24.3 Å². The summed E-state index contributed by atoms with van der Waals surface area (Å²) in [7, 11) is 0. The fourth-order valence-corrected chi connectivity index (χ4v) is 2.53. The van der Waals surface area contributed by atoms with Crippen molar-refractivity contribution in [2.45, 2.75) is 44.8 Å². The van der Waals surface area contributed by atoms with Crippen molar-refractivity contribution in [3.05, 3.63) is 35.4 Å². The van der Waals surface area contributed by atoms with Gasteiger partial charge in [0, 0.05) is 12.0 Å². The molecule has 1 aliphatic carbocycles. The van der Waals surface area contributed by atoms with Crippen LogP contribution in [0.5, 0.6) is 0 Å². The van der Waals surface area contributed by atoms with Crippen LogP contribution in [0, 0.1) is 0 Å². The Morgan fingerprint density at radius 2 is 1.95 bits per heavy atom. The van der Waals surface area contributed by atoms with E-state index in [0.29, 0.717) is 18.4 Å². The smallest absolute Gasteiger partial charge is 0.355 e. The van der Waals surface area contributed by atoms with Crippen LogP contribution in [-0.2, 0) is 31.1 Å². The van der Waals surface area contributed by atoms with E-state index in [4.69, 9.17) is 15.2 Å². The van der Waals surface area contributed by atoms with Gasteiger partial charge in [-0.2, -0.15) is 0 Å². The van der Waals surface area contributed by atoms with E-state index in [2.05, 4.69) is 0 Å². The van der Waals surface area contributed by atoms with Crippen molar-refractivity contribution in [1.82, 2.24) is 0 Å². The van der Waals surface area contributed by atoms with Gasteiger partial charge in [-0.25, -0.2) is 4.79 Å². The third-order valence-corrected chi connectivity index (χ3v) is 3.38.